The number of nitrogens with two attached hydrogens (primary N) is 1. The van der Waals surface area contributed by atoms with Crippen LogP contribution in [0.4, 0.5) is 0 Å². The quantitative estimate of drug-likeness (QED) is 0.703. The molecule has 0 amide bonds. The molecule has 9 heteroatoms. The highest BCUT2D eigenvalue weighted by Crippen LogP contribution is 2.39. The highest BCUT2D eigenvalue weighted by molar-refractivity contribution is 5.95. The van der Waals surface area contributed by atoms with Gasteiger partial charge in [-0.2, -0.15) is 10.5 Å². The number of ether oxygens (including phenoxy) is 2. The molecule has 3 N–H and O–H groups in total. The first-order chi connectivity index (χ1) is 13.0. The summed E-state index contributed by atoms with van der Waals surface area (Å²) in [5.41, 5.74) is 5.76. The van der Waals surface area contributed by atoms with Crippen LogP contribution in [-0.4, -0.2) is 25.2 Å². The molecule has 0 bridgehead atoms. The molecule has 140 valence electrons. The number of nitriles is 2. The summed E-state index contributed by atoms with van der Waals surface area (Å²) in [5, 5.41) is 21.7. The van der Waals surface area contributed by atoms with Gasteiger partial charge in [-0.3, -0.25) is 4.79 Å². The molecule has 0 saturated heterocycles. The van der Waals surface area contributed by atoms with E-state index in [0.29, 0.717) is 0 Å². The van der Waals surface area contributed by atoms with Crippen molar-refractivity contribution in [3.63, 3.8) is 0 Å². The van der Waals surface area contributed by atoms with Crippen molar-refractivity contribution in [1.82, 2.24) is 5.32 Å². The number of nitrogens with one attached hydrogen (secondary N) is 1. The number of carbonyl (C=O) groups excluding carboxylic acids is 2. The number of rotatable bonds is 6. The summed E-state index contributed by atoms with van der Waals surface area (Å²) < 4.78 is 15.4. The number of carbonyl (C=O) groups is 2. The second-order valence-corrected chi connectivity index (χ2v) is 5.37. The Kier molecular flexibility index (Phi) is 6.23. The van der Waals surface area contributed by atoms with Crippen LogP contribution in [0.25, 0.3) is 0 Å². The zero-order valence-corrected chi connectivity index (χ0v) is 14.8. The summed E-state index contributed by atoms with van der Waals surface area (Å²) in [6, 6.07) is 6.89. The Labute approximate surface area is 155 Å². The van der Waals surface area contributed by atoms with Crippen molar-refractivity contribution < 1.29 is 23.5 Å². The van der Waals surface area contributed by atoms with E-state index in [1.807, 2.05) is 12.1 Å². The van der Waals surface area contributed by atoms with E-state index in [1.165, 1.54) is 6.26 Å². The molecule has 2 unspecified atom stereocenters. The molecule has 1 aromatic rings. The van der Waals surface area contributed by atoms with Crippen LogP contribution in [0.2, 0.25) is 0 Å². The first-order valence-electron chi connectivity index (χ1n) is 8.17. The predicted molar refractivity (Wildman–Crippen MR) is 90.8 cm³/mol. The summed E-state index contributed by atoms with van der Waals surface area (Å²) in [6.45, 7) is 3.31. The zero-order chi connectivity index (χ0) is 20.0. The Morgan fingerprint density at radius 3 is 2.56 bits per heavy atom. The van der Waals surface area contributed by atoms with Gasteiger partial charge in [0.05, 0.1) is 54.4 Å². The van der Waals surface area contributed by atoms with Crippen LogP contribution in [0, 0.1) is 28.6 Å². The molecule has 27 heavy (non-hydrogen) atoms. The van der Waals surface area contributed by atoms with Crippen LogP contribution in [0.15, 0.2) is 45.5 Å². The smallest absolute Gasteiger partial charge is 0.336 e. The number of furan rings is 1. The maximum Gasteiger partial charge on any atom is 0.336 e. The highest BCUT2D eigenvalue weighted by Gasteiger charge is 2.41. The van der Waals surface area contributed by atoms with Crippen LogP contribution < -0.4 is 11.1 Å². The van der Waals surface area contributed by atoms with Crippen LogP contribution in [-0.2, 0) is 19.1 Å². The summed E-state index contributed by atoms with van der Waals surface area (Å²) in [5.74, 6) is -3.98. The molecule has 0 aliphatic carbocycles. The molecule has 2 heterocycles. The molecular weight excluding hydrogens is 352 g/mol. The minimum atomic E-state index is -1.46. The van der Waals surface area contributed by atoms with E-state index in [4.69, 9.17) is 19.6 Å². The maximum absolute atomic E-state index is 12.7. The third-order valence-electron chi connectivity index (χ3n) is 3.81. The Morgan fingerprint density at radius 2 is 2.04 bits per heavy atom. The third kappa shape index (κ3) is 3.77. The Bertz CT molecular complexity index is 871. The lowest BCUT2D eigenvalue weighted by Gasteiger charge is -2.29. The summed E-state index contributed by atoms with van der Waals surface area (Å²) in [4.78, 5) is 24.9. The first-order valence-corrected chi connectivity index (χ1v) is 8.17. The molecule has 2 rings (SSSR count). The summed E-state index contributed by atoms with van der Waals surface area (Å²) >= 11 is 0. The molecule has 0 saturated carbocycles. The first kappa shape index (κ1) is 19.6. The number of nitrogens with zero attached hydrogens (tertiary/aromatic N) is 2. The SMILES string of the molecule is CCOC(=O)C1=C(C(C#N)C(=O)OCC)NC(N)=C(C#N)C1c1ccco1. The fraction of sp³-hybridized carbons (Fsp3) is 0.333. The van der Waals surface area contributed by atoms with Gasteiger partial charge in [0.25, 0.3) is 0 Å². The number of hydrogen-bond acceptors (Lipinski definition) is 9. The van der Waals surface area contributed by atoms with E-state index in [0.717, 1.165) is 0 Å². The summed E-state index contributed by atoms with van der Waals surface area (Å²) in [6.07, 6.45) is 1.37. The molecule has 1 aliphatic heterocycles. The summed E-state index contributed by atoms with van der Waals surface area (Å²) in [7, 11) is 0. The van der Waals surface area contributed by atoms with Gasteiger partial charge >= 0.3 is 11.9 Å². The van der Waals surface area contributed by atoms with Gasteiger partial charge in [-0.1, -0.05) is 0 Å². The lowest BCUT2D eigenvalue weighted by atomic mass is 9.82. The van der Waals surface area contributed by atoms with E-state index >= 15 is 0 Å². The van der Waals surface area contributed by atoms with Gasteiger partial charge in [0, 0.05) is 0 Å². The second-order valence-electron chi connectivity index (χ2n) is 5.37. The minimum Gasteiger partial charge on any atom is -0.468 e. The van der Waals surface area contributed by atoms with Gasteiger partial charge in [-0.05, 0) is 26.0 Å². The monoisotopic (exact) mass is 370 g/mol. The molecule has 0 radical (unpaired) electrons. The number of dihydropyridines is 1. The molecule has 0 fully saturated rings. The number of esters is 2. The van der Waals surface area contributed by atoms with Crippen molar-refractivity contribution in [3.8, 4) is 12.1 Å². The number of hydrogen-bond donors (Lipinski definition) is 2. The molecule has 2 atom stereocenters. The van der Waals surface area contributed by atoms with Crippen molar-refractivity contribution in [2.75, 3.05) is 13.2 Å². The molecular formula is C18H18N4O5. The third-order valence-corrected chi connectivity index (χ3v) is 3.81. The maximum atomic E-state index is 12.7. The molecule has 9 nitrogen and oxygen atoms in total. The van der Waals surface area contributed by atoms with Crippen LogP contribution in [0.1, 0.15) is 25.5 Å². The van der Waals surface area contributed by atoms with Crippen LogP contribution in [0.3, 0.4) is 0 Å². The van der Waals surface area contributed by atoms with Gasteiger partial charge in [0.1, 0.15) is 11.6 Å². The fourth-order valence-corrected chi connectivity index (χ4v) is 2.72. The second kappa shape index (κ2) is 8.59. The van der Waals surface area contributed by atoms with Crippen molar-refractivity contribution in [2.45, 2.75) is 19.8 Å². The minimum absolute atomic E-state index is 0.0114. The number of allylic oxidation sites excluding steroid dienone is 1. The Balaban J connectivity index is 2.72. The average Bonchev–Trinajstić information content (AvgIpc) is 3.16. The van der Waals surface area contributed by atoms with Crippen LogP contribution >= 0.6 is 0 Å². The largest absolute Gasteiger partial charge is 0.468 e. The van der Waals surface area contributed by atoms with Gasteiger partial charge in [-0.25, -0.2) is 4.79 Å². The molecule has 0 aromatic carbocycles. The standard InChI is InChI=1S/C18H18N4O5/c1-3-25-17(23)11(9-20)15-14(18(24)26-4-2)13(12-6-5-7-27-12)10(8-19)16(21)22-15/h5-7,11,13,22H,3-4,21H2,1-2H3. The molecule has 1 aromatic heterocycles. The average molecular weight is 370 g/mol. The van der Waals surface area contributed by atoms with Gasteiger partial charge in [0.15, 0.2) is 5.92 Å². The normalized spacial score (nSPS) is 17.4. The lowest BCUT2D eigenvalue weighted by Crippen LogP contribution is -2.38. The predicted octanol–water partition coefficient (Wildman–Crippen LogP) is 1.18. The molecule has 0 spiro atoms. The van der Waals surface area contributed by atoms with Crippen molar-refractivity contribution in [2.24, 2.45) is 11.7 Å². The van der Waals surface area contributed by atoms with Gasteiger partial charge < -0.3 is 24.9 Å². The van der Waals surface area contributed by atoms with Crippen LogP contribution in [0.5, 0.6) is 0 Å². The van der Waals surface area contributed by atoms with E-state index in [1.54, 1.807) is 26.0 Å². The van der Waals surface area contributed by atoms with Crippen molar-refractivity contribution in [1.29, 1.82) is 10.5 Å². The van der Waals surface area contributed by atoms with Gasteiger partial charge in [0.2, 0.25) is 0 Å². The lowest BCUT2D eigenvalue weighted by molar-refractivity contribution is -0.145. The van der Waals surface area contributed by atoms with E-state index in [-0.39, 0.29) is 41.6 Å². The van der Waals surface area contributed by atoms with Crippen molar-refractivity contribution >= 4 is 11.9 Å². The zero-order valence-electron chi connectivity index (χ0n) is 14.8. The van der Waals surface area contributed by atoms with E-state index < -0.39 is 23.8 Å². The topological polar surface area (TPSA) is 151 Å². The van der Waals surface area contributed by atoms with Gasteiger partial charge in [-0.15, -0.1) is 0 Å². The van der Waals surface area contributed by atoms with E-state index in [9.17, 15) is 20.1 Å². The van der Waals surface area contributed by atoms with Crippen molar-refractivity contribution in [3.05, 3.63) is 46.8 Å². The fourth-order valence-electron chi connectivity index (χ4n) is 2.72. The Hall–Kier alpha value is -3.72. The highest BCUT2D eigenvalue weighted by atomic mass is 16.5. The Morgan fingerprint density at radius 1 is 1.33 bits per heavy atom. The molecule has 1 aliphatic rings. The van der Waals surface area contributed by atoms with E-state index in [2.05, 4.69) is 5.32 Å².